The van der Waals surface area contributed by atoms with Crippen molar-refractivity contribution < 1.29 is 0 Å². The van der Waals surface area contributed by atoms with Crippen LogP contribution in [-0.4, -0.2) is 27.9 Å². The molecule has 1 aliphatic carbocycles. The minimum atomic E-state index is 0.602. The van der Waals surface area contributed by atoms with Gasteiger partial charge in [0, 0.05) is 19.0 Å². The number of hydrogen-bond donors (Lipinski definition) is 1. The molecule has 4 heteroatoms. The fourth-order valence-electron chi connectivity index (χ4n) is 2.15. The molecule has 1 aromatic rings. The van der Waals surface area contributed by atoms with Crippen LogP contribution in [0.15, 0.2) is 6.33 Å². The summed E-state index contributed by atoms with van der Waals surface area (Å²) in [6, 6.07) is 0.668. The van der Waals surface area contributed by atoms with Gasteiger partial charge in [-0.3, -0.25) is 4.68 Å². The Bertz CT molecular complexity index is 281. The van der Waals surface area contributed by atoms with Crippen molar-refractivity contribution in [2.45, 2.75) is 31.2 Å². The lowest BCUT2D eigenvalue weighted by atomic mass is 10.1. The molecule has 4 nitrogen and oxygen atoms in total. The van der Waals surface area contributed by atoms with E-state index in [4.69, 9.17) is 0 Å². The number of rotatable bonds is 2. The highest BCUT2D eigenvalue weighted by Gasteiger charge is 2.27. The molecular weight excluding hydrogens is 164 g/mol. The second kappa shape index (κ2) is 3.46. The normalized spacial score (nSPS) is 28.2. The predicted octanol–water partition coefficient (Wildman–Crippen LogP) is 0.671. The minimum absolute atomic E-state index is 0.602. The molecule has 1 fully saturated rings. The summed E-state index contributed by atoms with van der Waals surface area (Å²) in [5.74, 6) is 1.74. The van der Waals surface area contributed by atoms with E-state index >= 15 is 0 Å². The van der Waals surface area contributed by atoms with Gasteiger partial charge in [0.05, 0.1) is 0 Å². The largest absolute Gasteiger partial charge is 0.317 e. The zero-order valence-corrected chi connectivity index (χ0v) is 8.20. The monoisotopic (exact) mass is 180 g/mol. The Balaban J connectivity index is 2.08. The minimum Gasteiger partial charge on any atom is -0.317 e. The van der Waals surface area contributed by atoms with Crippen LogP contribution in [0, 0.1) is 0 Å². The Morgan fingerprint density at radius 3 is 2.92 bits per heavy atom. The zero-order chi connectivity index (χ0) is 9.26. The molecule has 1 aliphatic rings. The first kappa shape index (κ1) is 8.69. The molecule has 2 atom stereocenters. The van der Waals surface area contributed by atoms with Gasteiger partial charge in [0.25, 0.3) is 0 Å². The molecule has 1 aromatic heterocycles. The molecule has 0 saturated heterocycles. The van der Waals surface area contributed by atoms with Gasteiger partial charge in [-0.2, -0.15) is 5.10 Å². The van der Waals surface area contributed by atoms with Gasteiger partial charge in [0.1, 0.15) is 12.2 Å². The van der Waals surface area contributed by atoms with Crippen LogP contribution in [0.2, 0.25) is 0 Å². The standard InChI is InChI=1S/C9H16N4/c1-10-8-4-3-7(5-8)9-11-6-12-13(9)2/h6-8,10H,3-5H2,1-2H3. The Morgan fingerprint density at radius 2 is 2.38 bits per heavy atom. The van der Waals surface area contributed by atoms with Crippen molar-refractivity contribution in [3.63, 3.8) is 0 Å². The molecule has 1 N–H and O–H groups in total. The summed E-state index contributed by atoms with van der Waals surface area (Å²) >= 11 is 0. The van der Waals surface area contributed by atoms with Crippen LogP contribution in [0.4, 0.5) is 0 Å². The number of nitrogens with one attached hydrogen (secondary N) is 1. The zero-order valence-electron chi connectivity index (χ0n) is 8.20. The summed E-state index contributed by atoms with van der Waals surface area (Å²) < 4.78 is 1.89. The fraction of sp³-hybridized carbons (Fsp3) is 0.778. The Morgan fingerprint density at radius 1 is 1.54 bits per heavy atom. The Hall–Kier alpha value is -0.900. The molecule has 1 heterocycles. The lowest BCUT2D eigenvalue weighted by Crippen LogP contribution is -2.21. The van der Waals surface area contributed by atoms with Crippen molar-refractivity contribution in [1.82, 2.24) is 20.1 Å². The number of hydrogen-bond acceptors (Lipinski definition) is 3. The van der Waals surface area contributed by atoms with E-state index in [2.05, 4.69) is 15.4 Å². The topological polar surface area (TPSA) is 42.7 Å². The molecule has 0 spiro atoms. The van der Waals surface area contributed by atoms with Gasteiger partial charge in [0.15, 0.2) is 0 Å². The van der Waals surface area contributed by atoms with Crippen LogP contribution in [0.25, 0.3) is 0 Å². The second-order valence-corrected chi connectivity index (χ2v) is 3.74. The van der Waals surface area contributed by atoms with Gasteiger partial charge in [0.2, 0.25) is 0 Å². The number of nitrogens with zero attached hydrogens (tertiary/aromatic N) is 3. The highest BCUT2D eigenvalue weighted by atomic mass is 15.3. The first-order chi connectivity index (χ1) is 6.31. The van der Waals surface area contributed by atoms with E-state index in [1.165, 1.54) is 19.3 Å². The average molecular weight is 180 g/mol. The van der Waals surface area contributed by atoms with Crippen molar-refractivity contribution in [3.05, 3.63) is 12.2 Å². The van der Waals surface area contributed by atoms with E-state index < -0.39 is 0 Å². The summed E-state index contributed by atoms with van der Waals surface area (Å²) in [5, 5.41) is 7.42. The summed E-state index contributed by atoms with van der Waals surface area (Å²) in [4.78, 5) is 4.29. The van der Waals surface area contributed by atoms with E-state index in [-0.39, 0.29) is 0 Å². The molecule has 0 amide bonds. The van der Waals surface area contributed by atoms with E-state index in [9.17, 15) is 0 Å². The molecule has 2 unspecified atom stereocenters. The first-order valence-electron chi connectivity index (χ1n) is 4.82. The summed E-state index contributed by atoms with van der Waals surface area (Å²) in [7, 11) is 4.00. The van der Waals surface area contributed by atoms with Gasteiger partial charge >= 0.3 is 0 Å². The lowest BCUT2D eigenvalue weighted by Gasteiger charge is -2.09. The van der Waals surface area contributed by atoms with Crippen LogP contribution >= 0.6 is 0 Å². The van der Waals surface area contributed by atoms with E-state index in [1.54, 1.807) is 6.33 Å². The molecule has 0 aromatic carbocycles. The molecule has 0 bridgehead atoms. The molecule has 72 valence electrons. The summed E-state index contributed by atoms with van der Waals surface area (Å²) in [5.41, 5.74) is 0. The lowest BCUT2D eigenvalue weighted by molar-refractivity contribution is 0.551. The predicted molar refractivity (Wildman–Crippen MR) is 50.4 cm³/mol. The maximum Gasteiger partial charge on any atom is 0.138 e. The highest BCUT2D eigenvalue weighted by molar-refractivity contribution is 5.00. The third-order valence-corrected chi connectivity index (χ3v) is 2.95. The molecule has 2 rings (SSSR count). The van der Waals surface area contributed by atoms with Crippen molar-refractivity contribution >= 4 is 0 Å². The SMILES string of the molecule is CNC1CCC(c2ncnn2C)C1. The third kappa shape index (κ3) is 1.58. The smallest absolute Gasteiger partial charge is 0.138 e. The third-order valence-electron chi connectivity index (χ3n) is 2.95. The number of aryl methyl sites for hydroxylation is 1. The summed E-state index contributed by atoms with van der Waals surface area (Å²) in [6.45, 7) is 0. The van der Waals surface area contributed by atoms with Crippen molar-refractivity contribution in [1.29, 1.82) is 0 Å². The van der Waals surface area contributed by atoms with Gasteiger partial charge in [-0.05, 0) is 26.3 Å². The maximum atomic E-state index is 4.29. The Kier molecular flexibility index (Phi) is 2.31. The highest BCUT2D eigenvalue weighted by Crippen LogP contribution is 2.32. The van der Waals surface area contributed by atoms with Crippen LogP contribution in [0.5, 0.6) is 0 Å². The van der Waals surface area contributed by atoms with E-state index in [0.29, 0.717) is 12.0 Å². The molecule has 0 radical (unpaired) electrons. The van der Waals surface area contributed by atoms with Crippen molar-refractivity contribution in [2.75, 3.05) is 7.05 Å². The van der Waals surface area contributed by atoms with Crippen LogP contribution in [0.1, 0.15) is 31.0 Å². The molecular formula is C9H16N4. The molecule has 0 aliphatic heterocycles. The van der Waals surface area contributed by atoms with Crippen LogP contribution in [-0.2, 0) is 7.05 Å². The van der Waals surface area contributed by atoms with Crippen LogP contribution < -0.4 is 5.32 Å². The molecule has 1 saturated carbocycles. The van der Waals surface area contributed by atoms with E-state index in [0.717, 1.165) is 5.82 Å². The fourth-order valence-corrected chi connectivity index (χ4v) is 2.15. The van der Waals surface area contributed by atoms with Crippen molar-refractivity contribution in [3.8, 4) is 0 Å². The molecule has 13 heavy (non-hydrogen) atoms. The van der Waals surface area contributed by atoms with Crippen molar-refractivity contribution in [2.24, 2.45) is 7.05 Å². The Labute approximate surface area is 78.4 Å². The maximum absolute atomic E-state index is 4.29. The van der Waals surface area contributed by atoms with Gasteiger partial charge in [-0.15, -0.1) is 0 Å². The average Bonchev–Trinajstić information content (AvgIpc) is 2.71. The first-order valence-corrected chi connectivity index (χ1v) is 4.82. The second-order valence-electron chi connectivity index (χ2n) is 3.74. The van der Waals surface area contributed by atoms with Gasteiger partial charge < -0.3 is 5.32 Å². The van der Waals surface area contributed by atoms with Crippen LogP contribution in [0.3, 0.4) is 0 Å². The summed E-state index contributed by atoms with van der Waals surface area (Å²) in [6.07, 6.45) is 5.33. The number of aromatic nitrogens is 3. The van der Waals surface area contributed by atoms with Gasteiger partial charge in [-0.1, -0.05) is 0 Å². The van der Waals surface area contributed by atoms with E-state index in [1.807, 2.05) is 18.8 Å². The quantitative estimate of drug-likeness (QED) is 0.727. The van der Waals surface area contributed by atoms with Gasteiger partial charge in [-0.25, -0.2) is 4.98 Å².